The van der Waals surface area contributed by atoms with Crippen LogP contribution in [0.5, 0.6) is 0 Å². The molecule has 0 aliphatic rings. The molecule has 1 heterocycles. The third kappa shape index (κ3) is 2.80. The summed E-state index contributed by atoms with van der Waals surface area (Å²) in [4.78, 5) is 5.24. The smallest absolute Gasteiger partial charge is 0.174 e. The first-order valence-corrected chi connectivity index (χ1v) is 6.51. The lowest BCUT2D eigenvalue weighted by molar-refractivity contribution is 0.624. The molecule has 16 heavy (non-hydrogen) atoms. The van der Waals surface area contributed by atoms with Crippen LogP contribution in [0.15, 0.2) is 33.5 Å². The van der Waals surface area contributed by atoms with E-state index in [4.69, 9.17) is 0 Å². The van der Waals surface area contributed by atoms with Gasteiger partial charge < -0.3 is 0 Å². The van der Waals surface area contributed by atoms with E-state index >= 15 is 0 Å². The molecule has 0 saturated heterocycles. The van der Waals surface area contributed by atoms with Crippen LogP contribution in [-0.4, -0.2) is 9.36 Å². The number of aromatic nitrogens is 2. The summed E-state index contributed by atoms with van der Waals surface area (Å²) >= 11 is 2.80. The Morgan fingerprint density at radius 2 is 2.19 bits per heavy atom. The van der Waals surface area contributed by atoms with Crippen molar-refractivity contribution in [1.29, 1.82) is 0 Å². The molecular formula is C11H11FN2S2. The molecule has 5 heteroatoms. The van der Waals surface area contributed by atoms with Gasteiger partial charge in [-0.25, -0.2) is 9.37 Å². The Labute approximate surface area is 102 Å². The lowest BCUT2D eigenvalue weighted by Gasteiger charge is -1.97. The van der Waals surface area contributed by atoms with Gasteiger partial charge in [0.05, 0.1) is 0 Å². The molecule has 0 atom stereocenters. The van der Waals surface area contributed by atoms with E-state index in [1.54, 1.807) is 6.07 Å². The fraction of sp³-hybridized carbons (Fsp3) is 0.273. The van der Waals surface area contributed by atoms with Gasteiger partial charge >= 0.3 is 0 Å². The number of benzene rings is 1. The van der Waals surface area contributed by atoms with Gasteiger partial charge in [0.1, 0.15) is 11.6 Å². The van der Waals surface area contributed by atoms with E-state index in [2.05, 4.69) is 23.2 Å². The Kier molecular flexibility index (Phi) is 3.56. The molecule has 84 valence electrons. The molecule has 0 amide bonds. The van der Waals surface area contributed by atoms with Gasteiger partial charge in [-0.1, -0.05) is 31.7 Å². The normalized spacial score (nSPS) is 11.0. The average molecular weight is 254 g/mol. The minimum absolute atomic E-state index is 0.224. The molecule has 0 aliphatic carbocycles. The van der Waals surface area contributed by atoms with Crippen molar-refractivity contribution in [3.05, 3.63) is 35.9 Å². The van der Waals surface area contributed by atoms with Crippen molar-refractivity contribution in [2.24, 2.45) is 0 Å². The van der Waals surface area contributed by atoms with E-state index in [1.807, 2.05) is 6.07 Å². The molecule has 0 aliphatic heterocycles. The summed E-state index contributed by atoms with van der Waals surface area (Å²) in [6.45, 7) is 4.11. The zero-order valence-corrected chi connectivity index (χ0v) is 10.6. The number of rotatable bonds is 3. The fourth-order valence-corrected chi connectivity index (χ4v) is 2.89. The van der Waals surface area contributed by atoms with E-state index in [1.165, 1.54) is 35.4 Å². The molecule has 2 aromatic rings. The maximum absolute atomic E-state index is 13.0. The van der Waals surface area contributed by atoms with Gasteiger partial charge in [-0.3, -0.25) is 0 Å². The number of nitrogens with zero attached hydrogens (tertiary/aromatic N) is 2. The fourth-order valence-electron chi connectivity index (χ4n) is 1.13. The molecule has 1 aromatic heterocycles. The van der Waals surface area contributed by atoms with Crippen LogP contribution in [-0.2, 0) is 0 Å². The molecule has 0 N–H and O–H groups in total. The second-order valence-electron chi connectivity index (χ2n) is 3.63. The third-order valence-electron chi connectivity index (χ3n) is 1.94. The van der Waals surface area contributed by atoms with Gasteiger partial charge in [-0.05, 0) is 29.7 Å². The van der Waals surface area contributed by atoms with Crippen molar-refractivity contribution < 1.29 is 4.39 Å². The van der Waals surface area contributed by atoms with Gasteiger partial charge in [0.2, 0.25) is 0 Å². The molecule has 0 spiro atoms. The van der Waals surface area contributed by atoms with E-state index < -0.39 is 0 Å². The van der Waals surface area contributed by atoms with Crippen LogP contribution in [0.4, 0.5) is 4.39 Å². The zero-order valence-electron chi connectivity index (χ0n) is 8.98. The molecule has 1 aromatic carbocycles. The SMILES string of the molecule is CC(C)c1nsc(Sc2cccc(F)c2)n1. The highest BCUT2D eigenvalue weighted by molar-refractivity contribution is 8.01. The minimum atomic E-state index is -0.224. The van der Waals surface area contributed by atoms with E-state index in [-0.39, 0.29) is 5.82 Å². The summed E-state index contributed by atoms with van der Waals surface area (Å²) in [7, 11) is 0. The molecule has 0 unspecified atom stereocenters. The first kappa shape index (κ1) is 11.5. The Hall–Kier alpha value is -0.940. The van der Waals surface area contributed by atoms with Crippen molar-refractivity contribution in [3.63, 3.8) is 0 Å². The second kappa shape index (κ2) is 4.93. The summed E-state index contributed by atoms with van der Waals surface area (Å²) in [5.74, 6) is 0.959. The first-order chi connectivity index (χ1) is 7.65. The second-order valence-corrected chi connectivity index (χ2v) is 5.71. The topological polar surface area (TPSA) is 25.8 Å². The molecular weight excluding hydrogens is 243 g/mol. The average Bonchev–Trinajstić information content (AvgIpc) is 2.66. The highest BCUT2D eigenvalue weighted by Gasteiger charge is 2.08. The molecule has 0 radical (unpaired) electrons. The summed E-state index contributed by atoms with van der Waals surface area (Å²) in [6, 6.07) is 6.50. The van der Waals surface area contributed by atoms with Crippen LogP contribution in [0, 0.1) is 5.82 Å². The van der Waals surface area contributed by atoms with Crippen molar-refractivity contribution in [1.82, 2.24) is 9.36 Å². The van der Waals surface area contributed by atoms with Gasteiger partial charge in [-0.15, -0.1) is 0 Å². The van der Waals surface area contributed by atoms with Crippen molar-refractivity contribution in [2.45, 2.75) is 29.0 Å². The lowest BCUT2D eigenvalue weighted by Crippen LogP contribution is -1.88. The monoisotopic (exact) mass is 254 g/mol. The molecule has 2 rings (SSSR count). The Balaban J connectivity index is 2.14. The van der Waals surface area contributed by atoms with Crippen molar-refractivity contribution in [3.8, 4) is 0 Å². The van der Waals surface area contributed by atoms with Crippen LogP contribution >= 0.6 is 23.3 Å². The van der Waals surface area contributed by atoms with Crippen LogP contribution < -0.4 is 0 Å². The Morgan fingerprint density at radius 1 is 1.38 bits per heavy atom. The third-order valence-corrected chi connectivity index (χ3v) is 3.70. The van der Waals surface area contributed by atoms with Crippen LogP contribution in [0.1, 0.15) is 25.6 Å². The van der Waals surface area contributed by atoms with E-state index in [0.29, 0.717) is 5.92 Å². The first-order valence-electron chi connectivity index (χ1n) is 4.92. The number of hydrogen-bond donors (Lipinski definition) is 0. The Bertz CT molecular complexity index is 482. The van der Waals surface area contributed by atoms with Gasteiger partial charge in [0, 0.05) is 10.8 Å². The molecule has 0 fully saturated rings. The van der Waals surface area contributed by atoms with Crippen LogP contribution in [0.25, 0.3) is 0 Å². The predicted octanol–water partition coefficient (Wildman–Crippen LogP) is 3.95. The highest BCUT2D eigenvalue weighted by Crippen LogP contribution is 2.30. The lowest BCUT2D eigenvalue weighted by atomic mass is 10.2. The standard InChI is InChI=1S/C11H11FN2S2/c1-7(2)10-13-11(16-14-10)15-9-5-3-4-8(12)6-9/h3-7H,1-2H3. The molecule has 0 saturated carbocycles. The quantitative estimate of drug-likeness (QED) is 0.829. The minimum Gasteiger partial charge on any atom is -0.212 e. The predicted molar refractivity (Wildman–Crippen MR) is 64.5 cm³/mol. The largest absolute Gasteiger partial charge is 0.212 e. The highest BCUT2D eigenvalue weighted by atomic mass is 32.2. The summed E-state index contributed by atoms with van der Waals surface area (Å²) in [5, 5.41) is 0. The summed E-state index contributed by atoms with van der Waals surface area (Å²) in [5.41, 5.74) is 0. The summed E-state index contributed by atoms with van der Waals surface area (Å²) in [6.07, 6.45) is 0. The van der Waals surface area contributed by atoms with Crippen molar-refractivity contribution in [2.75, 3.05) is 0 Å². The molecule has 2 nitrogen and oxygen atoms in total. The van der Waals surface area contributed by atoms with Crippen molar-refractivity contribution >= 4 is 23.3 Å². The van der Waals surface area contributed by atoms with Gasteiger partial charge in [0.15, 0.2) is 4.34 Å². The maximum atomic E-state index is 13.0. The van der Waals surface area contributed by atoms with E-state index in [9.17, 15) is 4.39 Å². The number of halogens is 1. The van der Waals surface area contributed by atoms with Crippen LogP contribution in [0.2, 0.25) is 0 Å². The maximum Gasteiger partial charge on any atom is 0.174 e. The van der Waals surface area contributed by atoms with Gasteiger partial charge in [0.25, 0.3) is 0 Å². The van der Waals surface area contributed by atoms with Gasteiger partial charge in [-0.2, -0.15) is 4.37 Å². The summed E-state index contributed by atoms with van der Waals surface area (Å²) < 4.78 is 18.1. The zero-order chi connectivity index (χ0) is 11.5. The van der Waals surface area contributed by atoms with E-state index in [0.717, 1.165) is 15.1 Å². The Morgan fingerprint density at radius 3 is 2.81 bits per heavy atom. The number of hydrogen-bond acceptors (Lipinski definition) is 4. The molecule has 0 bridgehead atoms. The van der Waals surface area contributed by atoms with Crippen LogP contribution in [0.3, 0.4) is 0 Å².